The van der Waals surface area contributed by atoms with Crippen molar-refractivity contribution in [3.63, 3.8) is 0 Å². The minimum atomic E-state index is -4.49. The molecule has 2 N–H and O–H groups in total. The Bertz CT molecular complexity index is 330. The first-order valence-corrected chi connectivity index (χ1v) is 4.10. The average molecular weight is 223 g/mol. The predicted molar refractivity (Wildman–Crippen MR) is 45.9 cm³/mol. The van der Waals surface area contributed by atoms with Crippen LogP contribution in [0.15, 0.2) is 24.3 Å². The number of alkyl halides is 4. The molecule has 0 spiro atoms. The van der Waals surface area contributed by atoms with E-state index < -0.39 is 12.5 Å². The fraction of sp³-hybridized carbons (Fsp3) is 0.333. The third-order valence-corrected chi connectivity index (χ3v) is 1.69. The molecule has 0 unspecified atom stereocenters. The molecule has 0 amide bonds. The molecule has 0 radical (unpaired) electrons. The minimum absolute atomic E-state index is 0.0600. The zero-order valence-corrected chi connectivity index (χ0v) is 7.59. The highest BCUT2D eigenvalue weighted by Gasteiger charge is 2.44. The molecule has 0 atom stereocenters. The van der Waals surface area contributed by atoms with Crippen LogP contribution in [0.2, 0.25) is 0 Å². The second kappa shape index (κ2) is 4.48. The summed E-state index contributed by atoms with van der Waals surface area (Å²) in [6.07, 6.45) is -8.37. The molecule has 0 heterocycles. The number of benzene rings is 1. The van der Waals surface area contributed by atoms with Crippen LogP contribution in [0, 0.1) is 0 Å². The standard InChI is InChI=1S/C9H9F4NO/c10-8(11)9(12,13)15-7-4-2-1-3-6(7)5-14/h1-4,8H,5,14H2. The van der Waals surface area contributed by atoms with E-state index in [9.17, 15) is 17.6 Å². The van der Waals surface area contributed by atoms with Crippen molar-refractivity contribution in [1.82, 2.24) is 0 Å². The van der Waals surface area contributed by atoms with Gasteiger partial charge >= 0.3 is 12.5 Å². The Morgan fingerprint density at radius 2 is 1.87 bits per heavy atom. The van der Waals surface area contributed by atoms with Crippen LogP contribution in [-0.2, 0) is 6.54 Å². The second-order valence-corrected chi connectivity index (χ2v) is 2.78. The van der Waals surface area contributed by atoms with E-state index in [0.29, 0.717) is 0 Å². The van der Waals surface area contributed by atoms with Gasteiger partial charge in [-0.1, -0.05) is 18.2 Å². The summed E-state index contributed by atoms with van der Waals surface area (Å²) in [6, 6.07) is 5.54. The van der Waals surface area contributed by atoms with E-state index in [-0.39, 0.29) is 17.9 Å². The van der Waals surface area contributed by atoms with Gasteiger partial charge in [0.1, 0.15) is 5.75 Å². The summed E-state index contributed by atoms with van der Waals surface area (Å²) >= 11 is 0. The van der Waals surface area contributed by atoms with E-state index >= 15 is 0 Å². The predicted octanol–water partition coefficient (Wildman–Crippen LogP) is 2.38. The van der Waals surface area contributed by atoms with Gasteiger partial charge in [0.05, 0.1) is 0 Å². The van der Waals surface area contributed by atoms with Crippen molar-refractivity contribution in [3.05, 3.63) is 29.8 Å². The molecule has 84 valence electrons. The Kier molecular flexibility index (Phi) is 3.52. The van der Waals surface area contributed by atoms with E-state index in [4.69, 9.17) is 5.73 Å². The van der Waals surface area contributed by atoms with Crippen molar-refractivity contribution in [2.45, 2.75) is 19.1 Å². The first kappa shape index (κ1) is 11.8. The third-order valence-electron chi connectivity index (χ3n) is 1.69. The molecule has 15 heavy (non-hydrogen) atoms. The summed E-state index contributed by atoms with van der Waals surface area (Å²) in [4.78, 5) is 0. The van der Waals surface area contributed by atoms with Crippen LogP contribution in [0.4, 0.5) is 17.6 Å². The van der Waals surface area contributed by atoms with E-state index in [1.54, 1.807) is 6.07 Å². The van der Waals surface area contributed by atoms with Gasteiger partial charge in [0.25, 0.3) is 0 Å². The minimum Gasteiger partial charge on any atom is -0.428 e. The molecule has 0 aromatic heterocycles. The van der Waals surface area contributed by atoms with Crippen molar-refractivity contribution in [1.29, 1.82) is 0 Å². The summed E-state index contributed by atoms with van der Waals surface area (Å²) in [5, 5.41) is 0. The topological polar surface area (TPSA) is 35.2 Å². The molecule has 0 saturated heterocycles. The lowest BCUT2D eigenvalue weighted by Gasteiger charge is -2.18. The number of halogens is 4. The molecule has 0 saturated carbocycles. The van der Waals surface area contributed by atoms with Gasteiger partial charge in [0.15, 0.2) is 0 Å². The quantitative estimate of drug-likeness (QED) is 0.795. The second-order valence-electron chi connectivity index (χ2n) is 2.78. The maximum atomic E-state index is 12.5. The van der Waals surface area contributed by atoms with Crippen molar-refractivity contribution in [2.75, 3.05) is 0 Å². The van der Waals surface area contributed by atoms with Gasteiger partial charge in [0, 0.05) is 12.1 Å². The van der Waals surface area contributed by atoms with Crippen LogP contribution in [0.25, 0.3) is 0 Å². The zero-order valence-electron chi connectivity index (χ0n) is 7.59. The summed E-state index contributed by atoms with van der Waals surface area (Å²) in [6.45, 7) is -0.0600. The number of ether oxygens (including phenoxy) is 1. The number of nitrogens with two attached hydrogens (primary N) is 1. The number of hydrogen-bond donors (Lipinski definition) is 1. The molecule has 1 aromatic carbocycles. The largest absolute Gasteiger partial charge is 0.461 e. The molecule has 0 aliphatic carbocycles. The first-order valence-electron chi connectivity index (χ1n) is 4.10. The van der Waals surface area contributed by atoms with Crippen LogP contribution < -0.4 is 10.5 Å². The Hall–Kier alpha value is -1.30. The fourth-order valence-electron chi connectivity index (χ4n) is 0.963. The highest BCUT2D eigenvalue weighted by Crippen LogP contribution is 2.29. The van der Waals surface area contributed by atoms with Gasteiger partial charge in [0.2, 0.25) is 0 Å². The Balaban J connectivity index is 2.89. The van der Waals surface area contributed by atoms with E-state index in [2.05, 4.69) is 4.74 Å². The summed E-state index contributed by atoms with van der Waals surface area (Å²) < 4.78 is 52.6. The Morgan fingerprint density at radius 3 is 2.40 bits per heavy atom. The van der Waals surface area contributed by atoms with Gasteiger partial charge in [-0.25, -0.2) is 0 Å². The SMILES string of the molecule is NCc1ccccc1OC(F)(F)C(F)F. The van der Waals surface area contributed by atoms with Crippen LogP contribution in [-0.4, -0.2) is 12.5 Å². The van der Waals surface area contributed by atoms with Gasteiger partial charge in [-0.2, -0.15) is 17.6 Å². The van der Waals surface area contributed by atoms with Crippen molar-refractivity contribution in [3.8, 4) is 5.75 Å². The Labute approximate surface area is 83.6 Å². The lowest BCUT2D eigenvalue weighted by molar-refractivity contribution is -0.253. The summed E-state index contributed by atoms with van der Waals surface area (Å²) in [5.41, 5.74) is 5.48. The smallest absolute Gasteiger partial charge is 0.428 e. The lowest BCUT2D eigenvalue weighted by Crippen LogP contribution is -2.33. The van der Waals surface area contributed by atoms with E-state index in [1.807, 2.05) is 0 Å². The molecule has 1 aromatic rings. The number of hydrogen-bond acceptors (Lipinski definition) is 2. The van der Waals surface area contributed by atoms with Crippen molar-refractivity contribution < 1.29 is 22.3 Å². The molecular weight excluding hydrogens is 214 g/mol. The van der Waals surface area contributed by atoms with Gasteiger partial charge in [-0.3, -0.25) is 0 Å². The van der Waals surface area contributed by atoms with Gasteiger partial charge < -0.3 is 10.5 Å². The summed E-state index contributed by atoms with van der Waals surface area (Å²) in [7, 11) is 0. The Morgan fingerprint density at radius 1 is 1.27 bits per heavy atom. The monoisotopic (exact) mass is 223 g/mol. The molecular formula is C9H9F4NO. The van der Waals surface area contributed by atoms with E-state index in [0.717, 1.165) is 0 Å². The van der Waals surface area contributed by atoms with Crippen molar-refractivity contribution in [2.24, 2.45) is 5.73 Å². The van der Waals surface area contributed by atoms with E-state index in [1.165, 1.54) is 18.2 Å². The van der Waals surface area contributed by atoms with Gasteiger partial charge in [-0.15, -0.1) is 0 Å². The van der Waals surface area contributed by atoms with Crippen molar-refractivity contribution >= 4 is 0 Å². The van der Waals surface area contributed by atoms with Gasteiger partial charge in [-0.05, 0) is 6.07 Å². The molecule has 0 aliphatic heterocycles. The molecule has 1 rings (SSSR count). The fourth-order valence-corrected chi connectivity index (χ4v) is 0.963. The molecule has 0 bridgehead atoms. The van der Waals surface area contributed by atoms with Crippen LogP contribution in [0.1, 0.15) is 5.56 Å². The van der Waals surface area contributed by atoms with Crippen LogP contribution in [0.5, 0.6) is 5.75 Å². The molecule has 0 fully saturated rings. The maximum absolute atomic E-state index is 12.5. The molecule has 6 heteroatoms. The zero-order chi connectivity index (χ0) is 11.5. The maximum Gasteiger partial charge on any atom is 0.461 e. The number of para-hydroxylation sites is 1. The lowest BCUT2D eigenvalue weighted by atomic mass is 10.2. The van der Waals surface area contributed by atoms with Crippen LogP contribution in [0.3, 0.4) is 0 Å². The third kappa shape index (κ3) is 2.82. The molecule has 2 nitrogen and oxygen atoms in total. The molecule has 0 aliphatic rings. The highest BCUT2D eigenvalue weighted by atomic mass is 19.3. The highest BCUT2D eigenvalue weighted by molar-refractivity contribution is 5.33. The first-order chi connectivity index (χ1) is 6.97. The van der Waals surface area contributed by atoms with Crippen LogP contribution >= 0.6 is 0 Å². The average Bonchev–Trinajstić information content (AvgIpc) is 2.18. The number of rotatable bonds is 4. The summed E-state index contributed by atoms with van der Waals surface area (Å²) in [5.74, 6) is -0.328. The normalized spacial score (nSPS) is 11.9.